The minimum Gasteiger partial charge on any atom is -0.496 e. The third kappa shape index (κ3) is 4.31. The summed E-state index contributed by atoms with van der Waals surface area (Å²) in [6.07, 6.45) is 5.76. The van der Waals surface area contributed by atoms with Crippen molar-refractivity contribution < 1.29 is 18.9 Å². The molecule has 0 spiro atoms. The van der Waals surface area contributed by atoms with Crippen molar-refractivity contribution in [3.8, 4) is 5.75 Å². The van der Waals surface area contributed by atoms with Crippen LogP contribution in [-0.4, -0.2) is 37.7 Å². The molecule has 1 aliphatic rings. The summed E-state index contributed by atoms with van der Waals surface area (Å²) < 4.78 is 12.1. The van der Waals surface area contributed by atoms with Crippen molar-refractivity contribution in [1.82, 2.24) is 20.0 Å². The monoisotopic (exact) mass is 439 g/mol. The number of carbonyl (C=O) groups is 1. The van der Waals surface area contributed by atoms with E-state index in [-0.39, 0.29) is 24.7 Å². The van der Waals surface area contributed by atoms with Gasteiger partial charge in [-0.15, -0.1) is 0 Å². The molecule has 1 aliphatic heterocycles. The molecule has 1 fully saturated rings. The van der Waals surface area contributed by atoms with E-state index in [0.29, 0.717) is 22.3 Å². The van der Waals surface area contributed by atoms with Gasteiger partial charge < -0.3 is 14.5 Å². The van der Waals surface area contributed by atoms with Gasteiger partial charge in [0.2, 0.25) is 0 Å². The summed E-state index contributed by atoms with van der Waals surface area (Å²) in [5.41, 5.74) is 1.72. The molecule has 1 aromatic carbocycles. The van der Waals surface area contributed by atoms with Crippen LogP contribution >= 0.6 is 12.2 Å². The largest absolute Gasteiger partial charge is 0.496 e. The second-order valence-corrected chi connectivity index (χ2v) is 7.07. The van der Waals surface area contributed by atoms with Gasteiger partial charge in [-0.3, -0.25) is 24.5 Å². The molecule has 0 atom stereocenters. The molecule has 1 amide bonds. The molecule has 2 aromatic heterocycles. The Morgan fingerprint density at radius 2 is 2.19 bits per heavy atom. The molecule has 1 saturated heterocycles. The lowest BCUT2D eigenvalue weighted by Crippen LogP contribution is -2.29. The van der Waals surface area contributed by atoms with E-state index in [1.165, 1.54) is 35.3 Å². The van der Waals surface area contributed by atoms with Crippen LogP contribution in [0.1, 0.15) is 16.9 Å². The zero-order chi connectivity index (χ0) is 22.0. The van der Waals surface area contributed by atoms with Crippen molar-refractivity contribution in [3.63, 3.8) is 0 Å². The predicted octanol–water partition coefficient (Wildman–Crippen LogP) is 2.70. The van der Waals surface area contributed by atoms with E-state index in [0.717, 1.165) is 11.1 Å². The normalized spacial score (nSPS) is 14.9. The number of thiocarbonyl (C=S) groups is 1. The summed E-state index contributed by atoms with van der Waals surface area (Å²) in [6.45, 7) is 0.499. The lowest BCUT2D eigenvalue weighted by atomic mass is 10.1. The fourth-order valence-electron chi connectivity index (χ4n) is 3.16. The van der Waals surface area contributed by atoms with Crippen LogP contribution in [0.25, 0.3) is 6.08 Å². The summed E-state index contributed by atoms with van der Waals surface area (Å²) in [5.74, 6) is 0.959. The van der Waals surface area contributed by atoms with E-state index in [1.807, 2.05) is 6.07 Å². The van der Waals surface area contributed by atoms with E-state index in [4.69, 9.17) is 21.4 Å². The second-order valence-electron chi connectivity index (χ2n) is 6.68. The number of nitro groups is 1. The summed E-state index contributed by atoms with van der Waals surface area (Å²) >= 11 is 5.28. The van der Waals surface area contributed by atoms with Gasteiger partial charge in [-0.2, -0.15) is 5.10 Å². The Morgan fingerprint density at radius 3 is 2.87 bits per heavy atom. The molecule has 1 N–H and O–H groups in total. The first-order valence-corrected chi connectivity index (χ1v) is 9.56. The van der Waals surface area contributed by atoms with Crippen LogP contribution in [0, 0.1) is 10.1 Å². The molecular formula is C20H17N5O5S. The van der Waals surface area contributed by atoms with Crippen molar-refractivity contribution in [2.24, 2.45) is 0 Å². The van der Waals surface area contributed by atoms with E-state index < -0.39 is 4.92 Å². The van der Waals surface area contributed by atoms with Crippen LogP contribution in [0.5, 0.6) is 5.75 Å². The van der Waals surface area contributed by atoms with Gasteiger partial charge in [0.05, 0.1) is 31.4 Å². The Labute approximate surface area is 181 Å². The Kier molecular flexibility index (Phi) is 5.50. The van der Waals surface area contributed by atoms with Crippen LogP contribution in [0.15, 0.2) is 59.1 Å². The van der Waals surface area contributed by atoms with Crippen LogP contribution in [0.3, 0.4) is 0 Å². The minimum atomic E-state index is -0.504. The maximum Gasteiger partial charge on any atom is 0.307 e. The number of aromatic nitrogens is 2. The van der Waals surface area contributed by atoms with Crippen LogP contribution in [0.2, 0.25) is 0 Å². The maximum absolute atomic E-state index is 12.8. The Bertz CT molecular complexity index is 1180. The Hall–Kier alpha value is -3.99. The van der Waals surface area contributed by atoms with Gasteiger partial charge in [0.25, 0.3) is 5.91 Å². The number of ether oxygens (including phenoxy) is 1. The van der Waals surface area contributed by atoms with E-state index in [1.54, 1.807) is 30.3 Å². The van der Waals surface area contributed by atoms with Crippen LogP contribution in [0.4, 0.5) is 5.69 Å². The smallest absolute Gasteiger partial charge is 0.307 e. The highest BCUT2D eigenvalue weighted by Gasteiger charge is 2.31. The van der Waals surface area contributed by atoms with Gasteiger partial charge in [-0.25, -0.2) is 0 Å². The highest BCUT2D eigenvalue weighted by Crippen LogP contribution is 2.24. The molecule has 158 valence electrons. The van der Waals surface area contributed by atoms with Gasteiger partial charge in [-0.05, 0) is 48.1 Å². The number of rotatable bonds is 7. The molecule has 3 heterocycles. The average Bonchev–Trinajstić information content (AvgIpc) is 3.47. The standard InChI is InChI=1S/C20H17N5O5S/c1-29-18-5-4-13(7-14(18)10-23-11-15(9-21-23)25(27)28)8-17-19(26)24(20(31)22-17)12-16-3-2-6-30-16/h2-9,11H,10,12H2,1H3,(H,22,31)/b17-8+. The number of carbonyl (C=O) groups excluding carboxylic acids is 1. The number of methoxy groups -OCH3 is 1. The third-order valence-electron chi connectivity index (χ3n) is 4.63. The molecule has 10 nitrogen and oxygen atoms in total. The molecule has 4 rings (SSSR count). The summed E-state index contributed by atoms with van der Waals surface area (Å²) in [7, 11) is 1.54. The fraction of sp³-hybridized carbons (Fsp3) is 0.150. The quantitative estimate of drug-likeness (QED) is 0.259. The molecule has 0 unspecified atom stereocenters. The predicted molar refractivity (Wildman–Crippen MR) is 114 cm³/mol. The first kappa shape index (κ1) is 20.3. The number of hydrogen-bond donors (Lipinski definition) is 1. The molecule has 3 aromatic rings. The highest BCUT2D eigenvalue weighted by molar-refractivity contribution is 7.80. The Morgan fingerprint density at radius 1 is 1.35 bits per heavy atom. The topological polar surface area (TPSA) is 116 Å². The van der Waals surface area contributed by atoms with Crippen molar-refractivity contribution >= 4 is 35.0 Å². The molecule has 11 heteroatoms. The van der Waals surface area contributed by atoms with Crippen molar-refractivity contribution in [2.45, 2.75) is 13.1 Å². The van der Waals surface area contributed by atoms with Crippen LogP contribution in [-0.2, 0) is 17.9 Å². The highest BCUT2D eigenvalue weighted by atomic mass is 32.1. The van der Waals surface area contributed by atoms with E-state index >= 15 is 0 Å². The summed E-state index contributed by atoms with van der Waals surface area (Å²) in [4.78, 5) is 24.6. The summed E-state index contributed by atoms with van der Waals surface area (Å²) in [5, 5.41) is 18.1. The van der Waals surface area contributed by atoms with Gasteiger partial charge in [-0.1, -0.05) is 6.07 Å². The number of nitrogens with one attached hydrogen (secondary N) is 1. The molecule has 0 bridgehead atoms. The van der Waals surface area contributed by atoms with Crippen molar-refractivity contribution in [3.05, 3.63) is 81.7 Å². The zero-order valence-corrected chi connectivity index (χ0v) is 17.2. The third-order valence-corrected chi connectivity index (χ3v) is 4.96. The van der Waals surface area contributed by atoms with Gasteiger partial charge in [0.1, 0.15) is 29.6 Å². The molecule has 0 saturated carbocycles. The first-order valence-electron chi connectivity index (χ1n) is 9.15. The first-order chi connectivity index (χ1) is 14.9. The summed E-state index contributed by atoms with van der Waals surface area (Å²) in [6, 6.07) is 8.90. The average molecular weight is 439 g/mol. The molecule has 0 aliphatic carbocycles. The molecule has 0 radical (unpaired) electrons. The number of hydrogen-bond acceptors (Lipinski definition) is 7. The molecular weight excluding hydrogens is 422 g/mol. The van der Waals surface area contributed by atoms with Crippen molar-refractivity contribution in [1.29, 1.82) is 0 Å². The molecule has 31 heavy (non-hydrogen) atoms. The van der Waals surface area contributed by atoms with E-state index in [9.17, 15) is 14.9 Å². The number of benzene rings is 1. The van der Waals surface area contributed by atoms with Gasteiger partial charge in [0.15, 0.2) is 5.11 Å². The number of amides is 1. The van der Waals surface area contributed by atoms with Crippen LogP contribution < -0.4 is 10.1 Å². The van der Waals surface area contributed by atoms with Gasteiger partial charge in [0, 0.05) is 5.56 Å². The second kappa shape index (κ2) is 8.40. The van der Waals surface area contributed by atoms with E-state index in [2.05, 4.69) is 10.4 Å². The number of furan rings is 1. The van der Waals surface area contributed by atoms with Gasteiger partial charge >= 0.3 is 5.69 Å². The fourth-order valence-corrected chi connectivity index (χ4v) is 3.42. The zero-order valence-electron chi connectivity index (χ0n) is 16.3. The Balaban J connectivity index is 1.57. The minimum absolute atomic E-state index is 0.0943. The van der Waals surface area contributed by atoms with Crippen molar-refractivity contribution in [2.75, 3.05) is 7.11 Å². The SMILES string of the molecule is COc1ccc(/C=C2/NC(=S)N(Cc3ccco3)C2=O)cc1Cn1cc([N+](=O)[O-])cn1. The lowest BCUT2D eigenvalue weighted by molar-refractivity contribution is -0.385. The maximum atomic E-state index is 12.8. The number of nitrogens with zero attached hydrogens (tertiary/aromatic N) is 4. The lowest BCUT2D eigenvalue weighted by Gasteiger charge is -2.11.